The highest BCUT2D eigenvalue weighted by Gasteiger charge is 2.24. The lowest BCUT2D eigenvalue weighted by atomic mass is 10.0. The first kappa shape index (κ1) is 21.9. The largest absolute Gasteiger partial charge is 0.340 e. The molecule has 2 rings (SSSR count). The minimum atomic E-state index is -0.642. The molecule has 150 valence electrons. The number of rotatable bonds is 8. The second-order valence-corrected chi connectivity index (χ2v) is 7.88. The van der Waals surface area contributed by atoms with Gasteiger partial charge in [-0.25, -0.2) is 0 Å². The number of benzene rings is 2. The van der Waals surface area contributed by atoms with Gasteiger partial charge >= 0.3 is 0 Å². The van der Waals surface area contributed by atoms with Crippen LogP contribution in [0.4, 0.5) is 5.69 Å². The zero-order valence-electron chi connectivity index (χ0n) is 16.8. The molecule has 1 unspecified atom stereocenters. The Hall–Kier alpha value is -2.37. The molecule has 5 nitrogen and oxygen atoms in total. The molecule has 28 heavy (non-hydrogen) atoms. The lowest BCUT2D eigenvalue weighted by molar-refractivity contribution is -0.118. The first-order valence-corrected chi connectivity index (χ1v) is 9.75. The molecule has 0 heterocycles. The van der Waals surface area contributed by atoms with Crippen LogP contribution in [0.15, 0.2) is 48.5 Å². The van der Waals surface area contributed by atoms with Crippen LogP contribution in [0.25, 0.3) is 0 Å². The van der Waals surface area contributed by atoms with Gasteiger partial charge in [-0.05, 0) is 68.4 Å². The summed E-state index contributed by atoms with van der Waals surface area (Å²) in [5.74, 6) is -0.599. The predicted molar refractivity (Wildman–Crippen MR) is 115 cm³/mol. The molecule has 0 aliphatic carbocycles. The van der Waals surface area contributed by atoms with E-state index in [2.05, 4.69) is 15.5 Å². The number of nitrogens with zero attached hydrogens (tertiary/aromatic N) is 1. The molecule has 0 bridgehead atoms. The summed E-state index contributed by atoms with van der Waals surface area (Å²) in [6.45, 7) is 4.77. The van der Waals surface area contributed by atoms with E-state index in [0.29, 0.717) is 16.3 Å². The van der Waals surface area contributed by atoms with Gasteiger partial charge in [-0.2, -0.15) is 0 Å². The van der Waals surface area contributed by atoms with Crippen LogP contribution in [0.1, 0.15) is 29.8 Å². The van der Waals surface area contributed by atoms with Crippen LogP contribution in [0.3, 0.4) is 0 Å². The van der Waals surface area contributed by atoms with Gasteiger partial charge in [-0.15, -0.1) is 0 Å². The van der Waals surface area contributed by atoms with Crippen LogP contribution < -0.4 is 10.6 Å². The highest BCUT2D eigenvalue weighted by atomic mass is 35.5. The second kappa shape index (κ2) is 10.2. The minimum absolute atomic E-state index is 0.0596. The molecule has 0 radical (unpaired) electrons. The summed E-state index contributed by atoms with van der Waals surface area (Å²) in [5.41, 5.74) is 2.39. The molecule has 2 N–H and O–H groups in total. The van der Waals surface area contributed by atoms with Crippen LogP contribution >= 0.6 is 11.6 Å². The fraction of sp³-hybridized carbons (Fsp3) is 0.364. The topological polar surface area (TPSA) is 61.4 Å². The van der Waals surface area contributed by atoms with Crippen LogP contribution in [0.2, 0.25) is 5.02 Å². The Morgan fingerprint density at radius 3 is 2.14 bits per heavy atom. The van der Waals surface area contributed by atoms with Crippen molar-refractivity contribution in [3.63, 3.8) is 0 Å². The average molecular weight is 402 g/mol. The van der Waals surface area contributed by atoms with E-state index < -0.39 is 6.04 Å². The molecule has 0 fully saturated rings. The maximum atomic E-state index is 12.7. The quantitative estimate of drug-likeness (QED) is 0.706. The van der Waals surface area contributed by atoms with Crippen molar-refractivity contribution in [1.82, 2.24) is 10.2 Å². The zero-order chi connectivity index (χ0) is 20.7. The van der Waals surface area contributed by atoms with Crippen LogP contribution in [0.5, 0.6) is 0 Å². The fourth-order valence-corrected chi connectivity index (χ4v) is 2.81. The minimum Gasteiger partial charge on any atom is -0.340 e. The van der Waals surface area contributed by atoms with Crippen molar-refractivity contribution in [1.29, 1.82) is 0 Å². The zero-order valence-corrected chi connectivity index (χ0v) is 17.6. The summed E-state index contributed by atoms with van der Waals surface area (Å²) in [5, 5.41) is 6.27. The first-order chi connectivity index (χ1) is 13.3. The number of nitrogens with one attached hydrogen (secondary N) is 2. The molecule has 0 saturated heterocycles. The fourth-order valence-electron chi connectivity index (χ4n) is 2.69. The Bertz CT molecular complexity index is 786. The van der Waals surface area contributed by atoms with Gasteiger partial charge in [-0.3, -0.25) is 9.59 Å². The second-order valence-electron chi connectivity index (χ2n) is 7.44. The van der Waals surface area contributed by atoms with Gasteiger partial charge in [0.05, 0.1) is 0 Å². The van der Waals surface area contributed by atoms with Gasteiger partial charge in [0.2, 0.25) is 5.91 Å². The summed E-state index contributed by atoms with van der Waals surface area (Å²) >= 11 is 5.86. The van der Waals surface area contributed by atoms with E-state index in [1.807, 2.05) is 52.2 Å². The smallest absolute Gasteiger partial charge is 0.251 e. The summed E-state index contributed by atoms with van der Waals surface area (Å²) in [6.07, 6.45) is 0.951. The van der Waals surface area contributed by atoms with Crippen molar-refractivity contribution < 1.29 is 9.59 Å². The Labute approximate surface area is 172 Å². The van der Waals surface area contributed by atoms with E-state index in [4.69, 9.17) is 11.6 Å². The van der Waals surface area contributed by atoms with Crippen molar-refractivity contribution in [3.05, 3.63) is 64.7 Å². The molecule has 0 saturated carbocycles. The Morgan fingerprint density at radius 2 is 1.61 bits per heavy atom. The van der Waals surface area contributed by atoms with Crippen molar-refractivity contribution in [3.8, 4) is 0 Å². The third-order valence-corrected chi connectivity index (χ3v) is 4.66. The molecule has 0 aliphatic rings. The van der Waals surface area contributed by atoms with Gasteiger partial charge in [0.15, 0.2) is 0 Å². The number of halogens is 1. The number of amides is 2. The molecule has 2 aromatic carbocycles. The van der Waals surface area contributed by atoms with Crippen molar-refractivity contribution in [2.24, 2.45) is 5.92 Å². The Balaban J connectivity index is 2.00. The highest BCUT2D eigenvalue weighted by molar-refractivity contribution is 6.30. The number of hydrogen-bond acceptors (Lipinski definition) is 3. The van der Waals surface area contributed by atoms with Gasteiger partial charge in [-0.1, -0.05) is 37.6 Å². The monoisotopic (exact) mass is 401 g/mol. The normalized spacial score (nSPS) is 12.1. The maximum Gasteiger partial charge on any atom is 0.251 e. The third kappa shape index (κ3) is 6.66. The molecule has 0 aliphatic heterocycles. The lowest BCUT2D eigenvalue weighted by Crippen LogP contribution is -2.47. The highest BCUT2D eigenvalue weighted by Crippen LogP contribution is 2.14. The SMILES string of the molecule is CC(C)C(NC(=O)c1ccc(Cl)cc1)C(=O)Nc1ccc(CCN(C)C)cc1. The van der Waals surface area contributed by atoms with E-state index in [9.17, 15) is 9.59 Å². The molecule has 1 atom stereocenters. The molecular weight excluding hydrogens is 374 g/mol. The molecule has 0 aromatic heterocycles. The Kier molecular flexibility index (Phi) is 8.03. The summed E-state index contributed by atoms with van der Waals surface area (Å²) in [7, 11) is 4.08. The third-order valence-electron chi connectivity index (χ3n) is 4.41. The van der Waals surface area contributed by atoms with E-state index >= 15 is 0 Å². The number of carbonyl (C=O) groups is 2. The number of likely N-dealkylation sites (N-methyl/N-ethyl adjacent to an activating group) is 1. The van der Waals surface area contributed by atoms with Gasteiger partial charge < -0.3 is 15.5 Å². The predicted octanol–water partition coefficient (Wildman–Crippen LogP) is 3.84. The first-order valence-electron chi connectivity index (χ1n) is 9.37. The van der Waals surface area contributed by atoms with E-state index in [1.165, 1.54) is 5.56 Å². The van der Waals surface area contributed by atoms with Crippen molar-refractivity contribution >= 4 is 29.1 Å². The summed E-state index contributed by atoms with van der Waals surface area (Å²) < 4.78 is 0. The maximum absolute atomic E-state index is 12.7. The molecule has 6 heteroatoms. The average Bonchev–Trinajstić information content (AvgIpc) is 2.65. The summed E-state index contributed by atoms with van der Waals surface area (Å²) in [4.78, 5) is 27.3. The molecule has 2 aromatic rings. The number of hydrogen-bond donors (Lipinski definition) is 2. The van der Waals surface area contributed by atoms with Gasteiger partial charge in [0.1, 0.15) is 6.04 Å². The van der Waals surface area contributed by atoms with E-state index in [0.717, 1.165) is 13.0 Å². The molecular formula is C22H28ClN3O2. The van der Waals surface area contributed by atoms with E-state index in [-0.39, 0.29) is 17.7 Å². The van der Waals surface area contributed by atoms with Gasteiger partial charge in [0, 0.05) is 22.8 Å². The lowest BCUT2D eigenvalue weighted by Gasteiger charge is -2.22. The van der Waals surface area contributed by atoms with Crippen molar-refractivity contribution in [2.75, 3.05) is 26.0 Å². The molecule has 2 amide bonds. The number of carbonyl (C=O) groups excluding carboxylic acids is 2. The summed E-state index contributed by atoms with van der Waals surface area (Å²) in [6, 6.07) is 13.7. The standard InChI is InChI=1S/C22H28ClN3O2/c1-15(2)20(25-21(27)17-7-9-18(23)10-8-17)22(28)24-19-11-5-16(6-12-19)13-14-26(3)4/h5-12,15,20H,13-14H2,1-4H3,(H,24,28)(H,25,27). The van der Waals surface area contributed by atoms with Crippen molar-refractivity contribution in [2.45, 2.75) is 26.3 Å². The molecule has 0 spiro atoms. The van der Waals surface area contributed by atoms with Gasteiger partial charge in [0.25, 0.3) is 5.91 Å². The van der Waals surface area contributed by atoms with Crippen LogP contribution in [0, 0.1) is 5.92 Å². The van der Waals surface area contributed by atoms with Crippen LogP contribution in [-0.4, -0.2) is 43.4 Å². The van der Waals surface area contributed by atoms with Crippen LogP contribution in [-0.2, 0) is 11.2 Å². The Morgan fingerprint density at radius 1 is 1.00 bits per heavy atom. The number of anilines is 1. The van der Waals surface area contributed by atoms with E-state index in [1.54, 1.807) is 24.3 Å².